The highest BCUT2D eigenvalue weighted by atomic mass is 16.5. The third-order valence-corrected chi connectivity index (χ3v) is 7.16. The summed E-state index contributed by atoms with van der Waals surface area (Å²) in [7, 11) is 1.69. The number of morpholine rings is 1. The van der Waals surface area contributed by atoms with E-state index in [2.05, 4.69) is 51.5 Å². The smallest absolute Gasteiger partial charge is 0.249 e. The summed E-state index contributed by atoms with van der Waals surface area (Å²) < 4.78 is 17.0. The largest absolute Gasteiger partial charge is 0.497 e. The van der Waals surface area contributed by atoms with Crippen LogP contribution in [0.1, 0.15) is 23.1 Å². The van der Waals surface area contributed by atoms with Crippen molar-refractivity contribution >= 4 is 5.91 Å². The summed E-state index contributed by atoms with van der Waals surface area (Å²) in [4.78, 5) is 17.8. The normalized spacial score (nSPS) is 25.3. The van der Waals surface area contributed by atoms with Crippen molar-refractivity contribution in [2.75, 3.05) is 53.1 Å². The van der Waals surface area contributed by atoms with Gasteiger partial charge in [-0.15, -0.1) is 0 Å². The number of rotatable bonds is 7. The van der Waals surface area contributed by atoms with Gasteiger partial charge in [0.25, 0.3) is 0 Å². The van der Waals surface area contributed by atoms with Crippen molar-refractivity contribution in [1.29, 1.82) is 0 Å². The number of fused-ring (bicyclic) bond motifs is 2. The van der Waals surface area contributed by atoms with E-state index < -0.39 is 6.10 Å². The first-order chi connectivity index (χ1) is 16.2. The summed E-state index contributed by atoms with van der Waals surface area (Å²) >= 11 is 0. The average molecular weight is 452 g/mol. The Labute approximate surface area is 195 Å². The number of methoxy groups -OCH3 is 1. The number of hydrogen-bond acceptors (Lipinski definition) is 6. The van der Waals surface area contributed by atoms with Gasteiger partial charge in [0, 0.05) is 45.7 Å². The van der Waals surface area contributed by atoms with Crippen LogP contribution >= 0.6 is 0 Å². The molecule has 5 rings (SSSR count). The molecule has 0 aromatic heterocycles. The Hall–Kier alpha value is -2.45. The monoisotopic (exact) mass is 451 g/mol. The maximum Gasteiger partial charge on any atom is 0.249 e. The molecule has 1 N–H and O–H groups in total. The fraction of sp³-hybridized carbons (Fsp3) is 0.500. The van der Waals surface area contributed by atoms with E-state index in [1.165, 1.54) is 16.7 Å². The maximum absolute atomic E-state index is 13.0. The first-order valence-electron chi connectivity index (χ1n) is 11.8. The van der Waals surface area contributed by atoms with Crippen molar-refractivity contribution in [3.63, 3.8) is 0 Å². The second-order valence-corrected chi connectivity index (χ2v) is 9.15. The lowest BCUT2D eigenvalue weighted by Gasteiger charge is -2.35. The molecule has 0 aliphatic carbocycles. The molecule has 176 valence electrons. The van der Waals surface area contributed by atoms with Crippen LogP contribution in [-0.2, 0) is 32.9 Å². The summed E-state index contributed by atoms with van der Waals surface area (Å²) in [6.07, 6.45) is 0.228. The zero-order chi connectivity index (χ0) is 22.7. The van der Waals surface area contributed by atoms with Crippen molar-refractivity contribution < 1.29 is 19.0 Å². The summed E-state index contributed by atoms with van der Waals surface area (Å²) in [5.74, 6) is 0.851. The first kappa shape index (κ1) is 22.3. The molecule has 7 heteroatoms. The third-order valence-electron chi connectivity index (χ3n) is 7.16. The van der Waals surface area contributed by atoms with Crippen LogP contribution in [0.15, 0.2) is 48.5 Å². The lowest BCUT2D eigenvalue weighted by atomic mass is 9.86. The van der Waals surface area contributed by atoms with E-state index in [4.69, 9.17) is 14.2 Å². The fourth-order valence-corrected chi connectivity index (χ4v) is 5.35. The van der Waals surface area contributed by atoms with E-state index >= 15 is 0 Å². The molecule has 2 aromatic carbocycles. The SMILES string of the molecule is COc1cccc(CN2Cc3ccccc3[C@@]23CO[C@@H](C(=O)NCCN2CCOCC2)C3)c1. The number of carbonyl (C=O) groups is 1. The van der Waals surface area contributed by atoms with Gasteiger partial charge in [-0.3, -0.25) is 14.6 Å². The third kappa shape index (κ3) is 4.64. The van der Waals surface area contributed by atoms with Crippen LogP contribution in [0.3, 0.4) is 0 Å². The van der Waals surface area contributed by atoms with Crippen LogP contribution < -0.4 is 10.1 Å². The van der Waals surface area contributed by atoms with E-state index in [0.717, 1.165) is 51.7 Å². The molecule has 3 aliphatic rings. The Balaban J connectivity index is 1.27. The zero-order valence-electron chi connectivity index (χ0n) is 19.3. The number of benzene rings is 2. The molecule has 0 unspecified atom stereocenters. The Morgan fingerprint density at radius 1 is 1.18 bits per heavy atom. The Bertz CT molecular complexity index is 978. The minimum Gasteiger partial charge on any atom is -0.497 e. The molecular weight excluding hydrogens is 418 g/mol. The molecule has 2 atom stereocenters. The Morgan fingerprint density at radius 3 is 2.88 bits per heavy atom. The summed E-state index contributed by atoms with van der Waals surface area (Å²) in [6.45, 7) is 7.02. The van der Waals surface area contributed by atoms with Crippen LogP contribution in [0.5, 0.6) is 5.75 Å². The number of nitrogens with zero attached hydrogens (tertiary/aromatic N) is 2. The van der Waals surface area contributed by atoms with E-state index in [1.54, 1.807) is 7.11 Å². The second kappa shape index (κ2) is 9.81. The topological polar surface area (TPSA) is 63.3 Å². The van der Waals surface area contributed by atoms with Gasteiger partial charge >= 0.3 is 0 Å². The van der Waals surface area contributed by atoms with E-state index in [0.29, 0.717) is 19.6 Å². The van der Waals surface area contributed by atoms with Gasteiger partial charge < -0.3 is 19.5 Å². The molecule has 3 heterocycles. The molecule has 33 heavy (non-hydrogen) atoms. The van der Waals surface area contributed by atoms with Gasteiger partial charge in [0.1, 0.15) is 11.9 Å². The summed E-state index contributed by atoms with van der Waals surface area (Å²) in [5, 5.41) is 3.10. The molecule has 7 nitrogen and oxygen atoms in total. The quantitative estimate of drug-likeness (QED) is 0.696. The maximum atomic E-state index is 13.0. The fourth-order valence-electron chi connectivity index (χ4n) is 5.35. The molecular formula is C26H33N3O4. The van der Waals surface area contributed by atoms with Crippen LogP contribution in [0.25, 0.3) is 0 Å². The van der Waals surface area contributed by atoms with E-state index in [9.17, 15) is 4.79 Å². The van der Waals surface area contributed by atoms with Gasteiger partial charge in [-0.05, 0) is 28.8 Å². The highest BCUT2D eigenvalue weighted by Gasteiger charge is 2.52. The van der Waals surface area contributed by atoms with Crippen molar-refractivity contribution in [1.82, 2.24) is 15.1 Å². The van der Waals surface area contributed by atoms with Gasteiger partial charge in [0.15, 0.2) is 0 Å². The second-order valence-electron chi connectivity index (χ2n) is 9.15. The van der Waals surface area contributed by atoms with Crippen molar-refractivity contribution in [2.45, 2.75) is 31.2 Å². The number of carbonyl (C=O) groups excluding carboxylic acids is 1. The number of nitrogens with one attached hydrogen (secondary N) is 1. The zero-order valence-corrected chi connectivity index (χ0v) is 19.3. The van der Waals surface area contributed by atoms with Gasteiger partial charge in [0.2, 0.25) is 5.91 Å². The molecule has 0 saturated carbocycles. The minimum atomic E-state index is -0.436. The van der Waals surface area contributed by atoms with Gasteiger partial charge in [-0.25, -0.2) is 0 Å². The number of hydrogen-bond donors (Lipinski definition) is 1. The van der Waals surface area contributed by atoms with Crippen LogP contribution in [0.4, 0.5) is 0 Å². The molecule has 0 radical (unpaired) electrons. The average Bonchev–Trinajstić information content (AvgIpc) is 3.43. The standard InChI is InChI=1S/C26H33N3O4/c1-31-22-7-4-5-20(15-22)17-29-18-21-6-2-3-8-23(21)26(29)16-24(33-19-26)25(30)27-9-10-28-11-13-32-14-12-28/h2-8,15,24H,9-14,16-19H2,1H3,(H,27,30)/t24-,26-/m1/s1. The van der Waals surface area contributed by atoms with Crippen molar-refractivity contribution in [3.8, 4) is 5.75 Å². The molecule has 1 spiro atoms. The van der Waals surface area contributed by atoms with Crippen LogP contribution in [0, 0.1) is 0 Å². The van der Waals surface area contributed by atoms with Crippen molar-refractivity contribution in [2.24, 2.45) is 0 Å². The lowest BCUT2D eigenvalue weighted by molar-refractivity contribution is -0.130. The van der Waals surface area contributed by atoms with E-state index in [-0.39, 0.29) is 11.4 Å². The van der Waals surface area contributed by atoms with Crippen LogP contribution in [-0.4, -0.2) is 74.9 Å². The molecule has 2 aromatic rings. The predicted molar refractivity (Wildman–Crippen MR) is 125 cm³/mol. The molecule has 1 amide bonds. The first-order valence-corrected chi connectivity index (χ1v) is 11.8. The van der Waals surface area contributed by atoms with Crippen LogP contribution in [0.2, 0.25) is 0 Å². The van der Waals surface area contributed by atoms with Crippen molar-refractivity contribution in [3.05, 3.63) is 65.2 Å². The number of amides is 1. The number of ether oxygens (including phenoxy) is 3. The highest BCUT2D eigenvalue weighted by molar-refractivity contribution is 5.81. The molecule has 0 bridgehead atoms. The predicted octanol–water partition coefficient (Wildman–Crippen LogP) is 2.14. The minimum absolute atomic E-state index is 0.00848. The van der Waals surface area contributed by atoms with E-state index in [1.807, 2.05) is 12.1 Å². The van der Waals surface area contributed by atoms with Gasteiger partial charge in [-0.2, -0.15) is 0 Å². The summed E-state index contributed by atoms with van der Waals surface area (Å²) in [5.41, 5.74) is 3.51. The molecule has 2 saturated heterocycles. The highest BCUT2D eigenvalue weighted by Crippen LogP contribution is 2.47. The Kier molecular flexibility index (Phi) is 6.64. The summed E-state index contributed by atoms with van der Waals surface area (Å²) in [6, 6.07) is 16.8. The molecule has 2 fully saturated rings. The lowest BCUT2D eigenvalue weighted by Crippen LogP contribution is -2.44. The van der Waals surface area contributed by atoms with Gasteiger partial charge in [0.05, 0.1) is 32.5 Å². The molecule has 3 aliphatic heterocycles. The Morgan fingerprint density at radius 2 is 2.03 bits per heavy atom. The van der Waals surface area contributed by atoms with Gasteiger partial charge in [-0.1, -0.05) is 36.4 Å².